The van der Waals surface area contributed by atoms with Crippen molar-refractivity contribution in [2.24, 2.45) is 11.3 Å². The zero-order valence-electron chi connectivity index (χ0n) is 18.3. The summed E-state index contributed by atoms with van der Waals surface area (Å²) < 4.78 is 10.9. The fourth-order valence-electron chi connectivity index (χ4n) is 5.37. The number of carbonyl (C=O) groups excluding carboxylic acids is 2. The molecule has 6 rings (SSSR count). The van der Waals surface area contributed by atoms with E-state index < -0.39 is 0 Å². The molecule has 1 aromatic carbocycles. The SMILES string of the molecule is O=C(C1CC(=O)N(c2cccc(Cl)c2)C1)N1CCC(c2nc(N3CC4(COC4)C3)no2)CC1. The van der Waals surface area contributed by atoms with Crippen LogP contribution in [0.15, 0.2) is 28.8 Å². The maximum absolute atomic E-state index is 13.1. The van der Waals surface area contributed by atoms with Crippen molar-refractivity contribution in [2.75, 3.05) is 55.7 Å². The number of halogens is 1. The molecule has 1 aromatic heterocycles. The molecule has 4 fully saturated rings. The smallest absolute Gasteiger partial charge is 0.266 e. The lowest BCUT2D eigenvalue weighted by molar-refractivity contribution is -0.136. The molecule has 5 heterocycles. The standard InChI is InChI=1S/C23H26ClN5O4/c24-17-2-1-3-18(9-17)29-10-16(8-19(29)30)21(31)27-6-4-15(5-7-27)20-25-22(26-33-20)28-11-23(12-28)13-32-14-23/h1-3,9,15-16H,4-8,10-14H2. The van der Waals surface area contributed by atoms with Gasteiger partial charge in [-0.05, 0) is 36.2 Å². The molecule has 4 aliphatic rings. The van der Waals surface area contributed by atoms with E-state index in [0.29, 0.717) is 41.9 Å². The van der Waals surface area contributed by atoms with Gasteiger partial charge in [-0.1, -0.05) is 17.7 Å². The monoisotopic (exact) mass is 471 g/mol. The minimum atomic E-state index is -0.322. The molecule has 1 spiro atoms. The van der Waals surface area contributed by atoms with E-state index in [-0.39, 0.29) is 30.1 Å². The largest absolute Gasteiger partial charge is 0.380 e. The lowest BCUT2D eigenvalue weighted by atomic mass is 9.78. The first-order valence-electron chi connectivity index (χ1n) is 11.5. The number of nitrogens with zero attached hydrogens (tertiary/aromatic N) is 5. The van der Waals surface area contributed by atoms with Crippen LogP contribution in [0, 0.1) is 11.3 Å². The molecule has 2 amide bonds. The Hall–Kier alpha value is -2.65. The molecule has 0 N–H and O–H groups in total. The number of hydrogen-bond acceptors (Lipinski definition) is 7. The summed E-state index contributed by atoms with van der Waals surface area (Å²) in [5, 5.41) is 4.75. The number of rotatable bonds is 4. The molecule has 9 nitrogen and oxygen atoms in total. The van der Waals surface area contributed by atoms with Gasteiger partial charge in [-0.25, -0.2) is 0 Å². The highest BCUT2D eigenvalue weighted by Gasteiger charge is 2.50. The lowest BCUT2D eigenvalue weighted by Gasteiger charge is -2.54. The first-order valence-corrected chi connectivity index (χ1v) is 11.9. The van der Waals surface area contributed by atoms with E-state index in [4.69, 9.17) is 20.9 Å². The number of anilines is 2. The maximum atomic E-state index is 13.1. The van der Waals surface area contributed by atoms with E-state index >= 15 is 0 Å². The van der Waals surface area contributed by atoms with Crippen molar-refractivity contribution >= 4 is 35.1 Å². The molecule has 0 bridgehead atoms. The molecule has 1 unspecified atom stereocenters. The van der Waals surface area contributed by atoms with Gasteiger partial charge in [0.15, 0.2) is 0 Å². The number of ether oxygens (including phenoxy) is 1. The van der Waals surface area contributed by atoms with Gasteiger partial charge < -0.3 is 24.0 Å². The fraction of sp³-hybridized carbons (Fsp3) is 0.565. The van der Waals surface area contributed by atoms with Gasteiger partial charge >= 0.3 is 0 Å². The minimum Gasteiger partial charge on any atom is -0.380 e. The summed E-state index contributed by atoms with van der Waals surface area (Å²) in [6, 6.07) is 7.20. The van der Waals surface area contributed by atoms with Crippen LogP contribution < -0.4 is 9.80 Å². The maximum Gasteiger partial charge on any atom is 0.266 e. The Kier molecular flexibility index (Phi) is 5.06. The Bertz CT molecular complexity index is 1070. The van der Waals surface area contributed by atoms with E-state index in [9.17, 15) is 9.59 Å². The summed E-state index contributed by atoms with van der Waals surface area (Å²) in [6.45, 7) is 5.15. The molecular formula is C23H26ClN5O4. The highest BCUT2D eigenvalue weighted by Crippen LogP contribution is 2.40. The summed E-state index contributed by atoms with van der Waals surface area (Å²) in [5.41, 5.74) is 1.04. The quantitative estimate of drug-likeness (QED) is 0.675. The molecule has 1 atom stereocenters. The second-order valence-corrected chi connectivity index (χ2v) is 10.2. The molecule has 0 radical (unpaired) electrons. The van der Waals surface area contributed by atoms with E-state index in [0.717, 1.165) is 44.8 Å². The van der Waals surface area contributed by atoms with E-state index in [1.54, 1.807) is 17.0 Å². The molecule has 4 aliphatic heterocycles. The lowest BCUT2D eigenvalue weighted by Crippen LogP contribution is -2.66. The Labute approximate surface area is 196 Å². The van der Waals surface area contributed by atoms with Crippen LogP contribution >= 0.6 is 11.6 Å². The third kappa shape index (κ3) is 3.77. The van der Waals surface area contributed by atoms with Crippen molar-refractivity contribution < 1.29 is 18.8 Å². The number of carbonyl (C=O) groups is 2. The van der Waals surface area contributed by atoms with Crippen molar-refractivity contribution in [1.29, 1.82) is 0 Å². The van der Waals surface area contributed by atoms with Gasteiger partial charge in [-0.3, -0.25) is 9.59 Å². The molecule has 0 aliphatic carbocycles. The molecule has 0 saturated carbocycles. The number of hydrogen-bond donors (Lipinski definition) is 0. The second-order valence-electron chi connectivity index (χ2n) is 9.77. The van der Waals surface area contributed by atoms with Gasteiger partial charge in [0.05, 0.1) is 24.5 Å². The number of benzene rings is 1. The van der Waals surface area contributed by atoms with Gasteiger partial charge in [0, 0.05) is 55.8 Å². The van der Waals surface area contributed by atoms with Crippen molar-refractivity contribution in [3.63, 3.8) is 0 Å². The van der Waals surface area contributed by atoms with Crippen molar-refractivity contribution in [2.45, 2.75) is 25.2 Å². The summed E-state index contributed by atoms with van der Waals surface area (Å²) in [6.07, 6.45) is 1.80. The second kappa shape index (κ2) is 7.99. The molecule has 2 aromatic rings. The zero-order chi connectivity index (χ0) is 22.6. The van der Waals surface area contributed by atoms with E-state index in [1.165, 1.54) is 0 Å². The fourth-order valence-corrected chi connectivity index (χ4v) is 5.56. The van der Waals surface area contributed by atoms with Crippen LogP contribution in [-0.4, -0.2) is 72.8 Å². The summed E-state index contributed by atoms with van der Waals surface area (Å²) >= 11 is 6.07. The third-order valence-electron chi connectivity index (χ3n) is 7.33. The van der Waals surface area contributed by atoms with Crippen LogP contribution in [0.4, 0.5) is 11.6 Å². The van der Waals surface area contributed by atoms with Crippen LogP contribution in [0.5, 0.6) is 0 Å². The van der Waals surface area contributed by atoms with E-state index in [1.807, 2.05) is 17.0 Å². The van der Waals surface area contributed by atoms with Crippen molar-refractivity contribution in [3.8, 4) is 0 Å². The number of aromatic nitrogens is 2. The Morgan fingerprint density at radius 1 is 1.18 bits per heavy atom. The Morgan fingerprint density at radius 2 is 1.97 bits per heavy atom. The molecular weight excluding hydrogens is 446 g/mol. The predicted octanol–water partition coefficient (Wildman–Crippen LogP) is 2.32. The van der Waals surface area contributed by atoms with Gasteiger partial charge in [-0.2, -0.15) is 4.98 Å². The Balaban J connectivity index is 1.03. The van der Waals surface area contributed by atoms with Crippen molar-refractivity contribution in [3.05, 3.63) is 35.2 Å². The highest BCUT2D eigenvalue weighted by molar-refractivity contribution is 6.31. The third-order valence-corrected chi connectivity index (χ3v) is 7.57. The van der Waals surface area contributed by atoms with Crippen LogP contribution in [0.3, 0.4) is 0 Å². The molecule has 4 saturated heterocycles. The van der Waals surface area contributed by atoms with Crippen LogP contribution in [-0.2, 0) is 14.3 Å². The van der Waals surface area contributed by atoms with Crippen LogP contribution in [0.25, 0.3) is 0 Å². The summed E-state index contributed by atoms with van der Waals surface area (Å²) in [5.74, 6) is 1.16. The zero-order valence-corrected chi connectivity index (χ0v) is 19.0. The van der Waals surface area contributed by atoms with Gasteiger partial charge in [0.1, 0.15) is 0 Å². The number of likely N-dealkylation sites (tertiary alicyclic amines) is 1. The van der Waals surface area contributed by atoms with Crippen LogP contribution in [0.1, 0.15) is 31.1 Å². The molecule has 33 heavy (non-hydrogen) atoms. The first kappa shape index (κ1) is 20.9. The average Bonchev–Trinajstić information content (AvgIpc) is 3.39. The van der Waals surface area contributed by atoms with Crippen molar-refractivity contribution in [1.82, 2.24) is 15.0 Å². The van der Waals surface area contributed by atoms with Crippen LogP contribution in [0.2, 0.25) is 5.02 Å². The average molecular weight is 472 g/mol. The van der Waals surface area contributed by atoms with Gasteiger partial charge in [-0.15, -0.1) is 0 Å². The summed E-state index contributed by atoms with van der Waals surface area (Å²) in [4.78, 5) is 36.0. The predicted molar refractivity (Wildman–Crippen MR) is 120 cm³/mol. The normalized spacial score (nSPS) is 24.8. The Morgan fingerprint density at radius 3 is 2.67 bits per heavy atom. The number of piperidine rings is 1. The molecule has 174 valence electrons. The molecule has 10 heteroatoms. The first-order chi connectivity index (χ1) is 16.0. The van der Waals surface area contributed by atoms with E-state index in [2.05, 4.69) is 15.0 Å². The number of amides is 2. The highest BCUT2D eigenvalue weighted by atomic mass is 35.5. The summed E-state index contributed by atoms with van der Waals surface area (Å²) in [7, 11) is 0. The van der Waals surface area contributed by atoms with Gasteiger partial charge in [0.2, 0.25) is 17.7 Å². The van der Waals surface area contributed by atoms with Gasteiger partial charge in [0.25, 0.3) is 5.95 Å². The topological polar surface area (TPSA) is 92.0 Å². The minimum absolute atomic E-state index is 0.0369.